The van der Waals surface area contributed by atoms with Crippen LogP contribution in [0.1, 0.15) is 16.7 Å². The van der Waals surface area contributed by atoms with Crippen LogP contribution in [-0.4, -0.2) is 25.8 Å². The number of urea groups is 1. The van der Waals surface area contributed by atoms with Gasteiger partial charge < -0.3 is 20.1 Å². The van der Waals surface area contributed by atoms with Crippen LogP contribution < -0.4 is 20.1 Å². The second kappa shape index (κ2) is 7.25. The van der Waals surface area contributed by atoms with Crippen molar-refractivity contribution in [1.29, 1.82) is 0 Å². The van der Waals surface area contributed by atoms with Crippen molar-refractivity contribution in [3.8, 4) is 11.5 Å². The quantitative estimate of drug-likeness (QED) is 0.818. The Morgan fingerprint density at radius 3 is 2.69 bits per heavy atom. The number of hydrogen-bond acceptors (Lipinski definition) is 3. The Balaban J connectivity index is 1.42. The van der Waals surface area contributed by atoms with Gasteiger partial charge in [0.25, 0.3) is 0 Å². The third-order valence-electron chi connectivity index (χ3n) is 4.62. The molecular weight excluding hydrogens is 375 g/mol. The summed E-state index contributed by atoms with van der Waals surface area (Å²) < 4.78 is 11.5. The van der Waals surface area contributed by atoms with Gasteiger partial charge in [-0.05, 0) is 24.6 Å². The third-order valence-corrected chi connectivity index (χ3v) is 5.25. The second-order valence-electron chi connectivity index (χ2n) is 6.24. The molecule has 0 atom stereocenters. The standard InChI is InChI=1S/C19H18Cl2N2O3/c20-14-2-1-3-15(21)17(14)23-19(24)22-7-4-13-12-6-9-25-16(12)10-11-5-8-26-18(11)13/h1-3,10H,4-9H2,(H2,22,23,24). The number of anilines is 1. The predicted molar refractivity (Wildman–Crippen MR) is 102 cm³/mol. The van der Waals surface area contributed by atoms with E-state index in [9.17, 15) is 4.79 Å². The van der Waals surface area contributed by atoms with Crippen molar-refractivity contribution >= 4 is 34.9 Å². The summed E-state index contributed by atoms with van der Waals surface area (Å²) >= 11 is 12.1. The number of hydrogen-bond donors (Lipinski definition) is 2. The van der Waals surface area contributed by atoms with Gasteiger partial charge in [0.2, 0.25) is 0 Å². The highest BCUT2D eigenvalue weighted by Crippen LogP contribution is 2.40. The summed E-state index contributed by atoms with van der Waals surface area (Å²) in [7, 11) is 0. The van der Waals surface area contributed by atoms with Gasteiger partial charge >= 0.3 is 6.03 Å². The monoisotopic (exact) mass is 392 g/mol. The fraction of sp³-hybridized carbons (Fsp3) is 0.316. The zero-order valence-electron chi connectivity index (χ0n) is 14.0. The maximum absolute atomic E-state index is 12.2. The zero-order valence-corrected chi connectivity index (χ0v) is 15.5. The number of carbonyl (C=O) groups excluding carboxylic acids is 1. The highest BCUT2D eigenvalue weighted by atomic mass is 35.5. The largest absolute Gasteiger partial charge is 0.493 e. The van der Waals surface area contributed by atoms with Gasteiger partial charge in [0.15, 0.2) is 0 Å². The van der Waals surface area contributed by atoms with Gasteiger partial charge in [0.05, 0.1) is 28.9 Å². The van der Waals surface area contributed by atoms with Gasteiger partial charge in [0.1, 0.15) is 11.5 Å². The van der Waals surface area contributed by atoms with Crippen LogP contribution in [0, 0.1) is 0 Å². The molecule has 136 valence electrons. The van der Waals surface area contributed by atoms with Crippen molar-refractivity contribution in [2.75, 3.05) is 25.1 Å². The fourth-order valence-electron chi connectivity index (χ4n) is 3.43. The first-order chi connectivity index (χ1) is 12.6. The molecule has 0 spiro atoms. The molecule has 0 unspecified atom stereocenters. The van der Waals surface area contributed by atoms with E-state index in [0.717, 1.165) is 29.9 Å². The Morgan fingerprint density at radius 2 is 1.88 bits per heavy atom. The maximum atomic E-state index is 12.2. The molecule has 2 N–H and O–H groups in total. The van der Waals surface area contributed by atoms with Gasteiger partial charge in [0, 0.05) is 36.1 Å². The van der Waals surface area contributed by atoms with E-state index in [1.54, 1.807) is 18.2 Å². The Bertz CT molecular complexity index is 818. The summed E-state index contributed by atoms with van der Waals surface area (Å²) in [5.74, 6) is 1.92. The van der Waals surface area contributed by atoms with E-state index >= 15 is 0 Å². The molecule has 2 aliphatic rings. The number of ether oxygens (including phenoxy) is 2. The van der Waals surface area contributed by atoms with Crippen LogP contribution in [0.3, 0.4) is 0 Å². The van der Waals surface area contributed by atoms with Crippen molar-refractivity contribution in [2.45, 2.75) is 19.3 Å². The molecule has 0 saturated carbocycles. The van der Waals surface area contributed by atoms with Crippen molar-refractivity contribution in [1.82, 2.24) is 5.32 Å². The lowest BCUT2D eigenvalue weighted by molar-refractivity contribution is 0.252. The van der Waals surface area contributed by atoms with Crippen LogP contribution in [0.5, 0.6) is 11.5 Å². The minimum Gasteiger partial charge on any atom is -0.493 e. The Labute approximate surface area is 161 Å². The van der Waals surface area contributed by atoms with Crippen LogP contribution in [0.25, 0.3) is 0 Å². The van der Waals surface area contributed by atoms with Crippen LogP contribution in [0.2, 0.25) is 10.0 Å². The fourth-order valence-corrected chi connectivity index (χ4v) is 3.92. The molecule has 2 aromatic carbocycles. The molecule has 2 heterocycles. The first-order valence-corrected chi connectivity index (χ1v) is 9.31. The smallest absolute Gasteiger partial charge is 0.319 e. The van der Waals surface area contributed by atoms with Crippen LogP contribution in [0.4, 0.5) is 10.5 Å². The number of amides is 2. The number of fused-ring (bicyclic) bond motifs is 2. The molecule has 7 heteroatoms. The molecule has 0 bridgehead atoms. The van der Waals surface area contributed by atoms with Crippen molar-refractivity contribution in [3.63, 3.8) is 0 Å². The summed E-state index contributed by atoms with van der Waals surface area (Å²) in [4.78, 5) is 12.2. The number of para-hydroxylation sites is 1. The van der Waals surface area contributed by atoms with Crippen molar-refractivity contribution in [3.05, 3.63) is 51.0 Å². The Kier molecular flexibility index (Phi) is 4.83. The summed E-state index contributed by atoms with van der Waals surface area (Å²) in [6.45, 7) is 1.87. The number of nitrogens with one attached hydrogen (secondary N) is 2. The van der Waals surface area contributed by atoms with Crippen LogP contribution in [0.15, 0.2) is 24.3 Å². The number of rotatable bonds is 4. The van der Waals surface area contributed by atoms with E-state index in [1.807, 2.05) is 0 Å². The van der Waals surface area contributed by atoms with Crippen molar-refractivity contribution in [2.24, 2.45) is 0 Å². The Hall–Kier alpha value is -2.11. The van der Waals surface area contributed by atoms with Gasteiger partial charge in [-0.1, -0.05) is 29.3 Å². The summed E-state index contributed by atoms with van der Waals surface area (Å²) in [6, 6.07) is 6.83. The summed E-state index contributed by atoms with van der Waals surface area (Å²) in [5, 5.41) is 6.35. The first kappa shape index (κ1) is 17.3. The van der Waals surface area contributed by atoms with E-state index in [0.29, 0.717) is 41.9 Å². The highest BCUT2D eigenvalue weighted by molar-refractivity contribution is 6.39. The lowest BCUT2D eigenvalue weighted by atomic mass is 9.97. The average molecular weight is 393 g/mol. The zero-order chi connectivity index (χ0) is 18.1. The topological polar surface area (TPSA) is 59.6 Å². The highest BCUT2D eigenvalue weighted by Gasteiger charge is 2.26. The number of halogens is 2. The molecule has 5 nitrogen and oxygen atoms in total. The SMILES string of the molecule is O=C(NCCc1c2c(cc3c1OCC3)OCC2)Nc1c(Cl)cccc1Cl. The number of benzene rings is 2. The summed E-state index contributed by atoms with van der Waals surface area (Å²) in [5.41, 5.74) is 3.94. The van der Waals surface area contributed by atoms with Crippen LogP contribution in [-0.2, 0) is 19.3 Å². The minimum atomic E-state index is -0.346. The molecule has 2 amide bonds. The predicted octanol–water partition coefficient (Wildman–Crippen LogP) is 4.23. The van der Waals surface area contributed by atoms with E-state index in [1.165, 1.54) is 11.1 Å². The molecule has 0 saturated heterocycles. The van der Waals surface area contributed by atoms with E-state index in [2.05, 4.69) is 16.7 Å². The minimum absolute atomic E-state index is 0.346. The van der Waals surface area contributed by atoms with E-state index in [-0.39, 0.29) is 6.03 Å². The molecule has 4 rings (SSSR count). The molecule has 0 radical (unpaired) electrons. The number of carbonyl (C=O) groups is 1. The lowest BCUT2D eigenvalue weighted by Crippen LogP contribution is -2.30. The molecule has 0 fully saturated rings. The molecule has 0 aliphatic carbocycles. The molecule has 2 aliphatic heterocycles. The van der Waals surface area contributed by atoms with Gasteiger partial charge in [-0.2, -0.15) is 0 Å². The lowest BCUT2D eigenvalue weighted by Gasteiger charge is -2.14. The first-order valence-electron chi connectivity index (χ1n) is 8.55. The molecule has 0 aromatic heterocycles. The second-order valence-corrected chi connectivity index (χ2v) is 7.06. The van der Waals surface area contributed by atoms with Crippen LogP contribution >= 0.6 is 23.2 Å². The maximum Gasteiger partial charge on any atom is 0.319 e. The molecule has 26 heavy (non-hydrogen) atoms. The third kappa shape index (κ3) is 3.29. The molecular formula is C19H18Cl2N2O3. The van der Waals surface area contributed by atoms with Crippen molar-refractivity contribution < 1.29 is 14.3 Å². The van der Waals surface area contributed by atoms with Gasteiger partial charge in [-0.25, -0.2) is 4.79 Å². The summed E-state index contributed by atoms with van der Waals surface area (Å²) in [6.07, 6.45) is 2.46. The van der Waals surface area contributed by atoms with E-state index < -0.39 is 0 Å². The average Bonchev–Trinajstić information content (AvgIpc) is 3.26. The van der Waals surface area contributed by atoms with Gasteiger partial charge in [-0.3, -0.25) is 0 Å². The van der Waals surface area contributed by atoms with E-state index in [4.69, 9.17) is 32.7 Å². The Morgan fingerprint density at radius 1 is 1.12 bits per heavy atom. The van der Waals surface area contributed by atoms with Gasteiger partial charge in [-0.15, -0.1) is 0 Å². The normalized spacial score (nSPS) is 14.2. The molecule has 2 aromatic rings.